The Hall–Kier alpha value is -2.39. The first-order valence-electron chi connectivity index (χ1n) is 9.22. The number of piperazine rings is 1. The van der Waals surface area contributed by atoms with E-state index in [9.17, 15) is 13.2 Å². The highest BCUT2D eigenvalue weighted by Crippen LogP contribution is 2.25. The Labute approximate surface area is 184 Å². The fourth-order valence-corrected chi connectivity index (χ4v) is 5.49. The number of benzene rings is 1. The SMILES string of the molecule is O=C(/C=C/c1c(Cl)nc2ccccn12)N1CCN(S(=O)(=O)c2ccccc2Cl)CC1. The summed E-state index contributed by atoms with van der Waals surface area (Å²) in [6.07, 6.45) is 4.87. The molecule has 3 aromatic rings. The van der Waals surface area contributed by atoms with Crippen LogP contribution < -0.4 is 0 Å². The molecule has 1 aliphatic rings. The van der Waals surface area contributed by atoms with E-state index in [0.29, 0.717) is 16.5 Å². The van der Waals surface area contributed by atoms with E-state index < -0.39 is 10.0 Å². The van der Waals surface area contributed by atoms with Crippen molar-refractivity contribution in [2.24, 2.45) is 0 Å². The number of hydrogen-bond acceptors (Lipinski definition) is 4. The average molecular weight is 465 g/mol. The maximum absolute atomic E-state index is 12.8. The highest BCUT2D eigenvalue weighted by atomic mass is 35.5. The van der Waals surface area contributed by atoms with E-state index in [-0.39, 0.29) is 42.0 Å². The van der Waals surface area contributed by atoms with Crippen LogP contribution in [-0.2, 0) is 14.8 Å². The molecule has 1 amide bonds. The molecular weight excluding hydrogens is 447 g/mol. The van der Waals surface area contributed by atoms with Gasteiger partial charge in [-0.05, 0) is 30.3 Å². The Morgan fingerprint density at radius 2 is 1.70 bits per heavy atom. The molecule has 0 N–H and O–H groups in total. The number of carbonyl (C=O) groups excluding carboxylic acids is 1. The minimum absolute atomic E-state index is 0.0774. The Morgan fingerprint density at radius 3 is 2.43 bits per heavy atom. The van der Waals surface area contributed by atoms with Gasteiger partial charge >= 0.3 is 0 Å². The molecule has 2 aromatic heterocycles. The van der Waals surface area contributed by atoms with E-state index in [2.05, 4.69) is 4.98 Å². The lowest BCUT2D eigenvalue weighted by Crippen LogP contribution is -2.50. The number of nitrogens with zero attached hydrogens (tertiary/aromatic N) is 4. The van der Waals surface area contributed by atoms with Gasteiger partial charge in [0.05, 0.1) is 10.7 Å². The zero-order valence-corrected chi connectivity index (χ0v) is 18.1. The highest BCUT2D eigenvalue weighted by Gasteiger charge is 2.30. The lowest BCUT2D eigenvalue weighted by molar-refractivity contribution is -0.127. The zero-order valence-electron chi connectivity index (χ0n) is 15.8. The number of sulfonamides is 1. The van der Waals surface area contributed by atoms with Crippen molar-refractivity contribution in [2.75, 3.05) is 26.2 Å². The molecule has 1 saturated heterocycles. The van der Waals surface area contributed by atoms with Crippen molar-refractivity contribution < 1.29 is 13.2 Å². The minimum Gasteiger partial charge on any atom is -0.337 e. The van der Waals surface area contributed by atoms with Crippen LogP contribution in [0.25, 0.3) is 11.7 Å². The summed E-state index contributed by atoms with van der Waals surface area (Å²) in [5.74, 6) is -0.216. The van der Waals surface area contributed by atoms with Crippen molar-refractivity contribution in [2.45, 2.75) is 4.90 Å². The van der Waals surface area contributed by atoms with Gasteiger partial charge in [0.1, 0.15) is 10.5 Å². The Kier molecular flexibility index (Phi) is 5.84. The van der Waals surface area contributed by atoms with E-state index in [4.69, 9.17) is 23.2 Å². The summed E-state index contributed by atoms with van der Waals surface area (Å²) in [6, 6.07) is 11.9. The second-order valence-electron chi connectivity index (χ2n) is 6.71. The molecule has 10 heteroatoms. The average Bonchev–Trinajstić information content (AvgIpc) is 3.07. The van der Waals surface area contributed by atoms with Gasteiger partial charge < -0.3 is 4.90 Å². The molecular formula is C20H18Cl2N4O3S. The van der Waals surface area contributed by atoms with Gasteiger partial charge in [-0.3, -0.25) is 9.20 Å². The van der Waals surface area contributed by atoms with E-state index in [1.165, 1.54) is 16.4 Å². The van der Waals surface area contributed by atoms with Crippen LogP contribution in [0.2, 0.25) is 10.2 Å². The molecule has 0 saturated carbocycles. The fraction of sp³-hybridized carbons (Fsp3) is 0.200. The number of fused-ring (bicyclic) bond motifs is 1. The topological polar surface area (TPSA) is 75.0 Å². The number of aromatic nitrogens is 2. The minimum atomic E-state index is -3.70. The van der Waals surface area contributed by atoms with Gasteiger partial charge in [-0.25, -0.2) is 13.4 Å². The molecule has 1 aromatic carbocycles. The predicted octanol–water partition coefficient (Wildman–Crippen LogP) is 3.19. The van der Waals surface area contributed by atoms with E-state index in [1.54, 1.807) is 33.6 Å². The first-order chi connectivity index (χ1) is 14.4. The fourth-order valence-electron chi connectivity index (χ4n) is 3.33. The third-order valence-corrected chi connectivity index (χ3v) is 7.59. The van der Waals surface area contributed by atoms with Crippen LogP contribution in [-0.4, -0.2) is 59.1 Å². The normalized spacial score (nSPS) is 15.9. The van der Waals surface area contributed by atoms with Crippen LogP contribution in [0.15, 0.2) is 59.6 Å². The predicted molar refractivity (Wildman–Crippen MR) is 116 cm³/mol. The summed E-state index contributed by atoms with van der Waals surface area (Å²) in [5.41, 5.74) is 1.30. The van der Waals surface area contributed by atoms with Crippen LogP contribution in [0.4, 0.5) is 0 Å². The first kappa shape index (κ1) is 20.9. The summed E-state index contributed by atoms with van der Waals surface area (Å²) in [4.78, 5) is 18.5. The first-order valence-corrected chi connectivity index (χ1v) is 11.4. The quantitative estimate of drug-likeness (QED) is 0.555. The molecule has 156 valence electrons. The molecule has 1 aliphatic heterocycles. The molecule has 7 nitrogen and oxygen atoms in total. The van der Waals surface area contributed by atoms with Crippen molar-refractivity contribution in [3.05, 3.63) is 70.6 Å². The summed E-state index contributed by atoms with van der Waals surface area (Å²) in [5, 5.41) is 0.491. The van der Waals surface area contributed by atoms with E-state index in [0.717, 1.165) is 0 Å². The molecule has 1 fully saturated rings. The van der Waals surface area contributed by atoms with Crippen LogP contribution in [0.5, 0.6) is 0 Å². The summed E-state index contributed by atoms with van der Waals surface area (Å²) >= 11 is 12.2. The molecule has 0 spiro atoms. The molecule has 0 bridgehead atoms. The number of imidazole rings is 1. The monoisotopic (exact) mass is 464 g/mol. The molecule has 0 radical (unpaired) electrons. The molecule has 4 rings (SSSR count). The maximum atomic E-state index is 12.8. The van der Waals surface area contributed by atoms with Gasteiger partial charge in [0.25, 0.3) is 0 Å². The second-order valence-corrected chi connectivity index (χ2v) is 9.38. The maximum Gasteiger partial charge on any atom is 0.246 e. The van der Waals surface area contributed by atoms with E-state index in [1.807, 2.05) is 24.4 Å². The third kappa shape index (κ3) is 3.96. The second kappa shape index (κ2) is 8.39. The molecule has 3 heterocycles. The smallest absolute Gasteiger partial charge is 0.246 e. The standard InChI is InChI=1S/C20H18Cl2N4O3S/c21-15-5-1-2-6-17(15)30(28,29)25-13-11-24(12-14-25)19(27)9-8-16-20(22)23-18-7-3-4-10-26(16)18/h1-10H,11-14H2/b9-8+. The lowest BCUT2D eigenvalue weighted by Gasteiger charge is -2.33. The number of hydrogen-bond donors (Lipinski definition) is 0. The Bertz CT molecular complexity index is 1230. The number of rotatable bonds is 4. The van der Waals surface area contributed by atoms with Crippen LogP contribution in [0.1, 0.15) is 5.69 Å². The molecule has 30 heavy (non-hydrogen) atoms. The zero-order chi connectivity index (χ0) is 21.3. The lowest BCUT2D eigenvalue weighted by atomic mass is 10.3. The van der Waals surface area contributed by atoms with Crippen molar-refractivity contribution in [1.82, 2.24) is 18.6 Å². The Balaban J connectivity index is 1.44. The molecule has 0 unspecified atom stereocenters. The summed E-state index contributed by atoms with van der Waals surface area (Å²) in [6.45, 7) is 0.967. The van der Waals surface area contributed by atoms with Gasteiger partial charge in [-0.2, -0.15) is 4.31 Å². The van der Waals surface area contributed by atoms with Crippen LogP contribution >= 0.6 is 23.2 Å². The molecule has 0 aliphatic carbocycles. The van der Waals surface area contributed by atoms with Gasteiger partial charge in [0.2, 0.25) is 15.9 Å². The summed E-state index contributed by atoms with van der Waals surface area (Å²) < 4.78 is 28.8. The van der Waals surface area contributed by atoms with Gasteiger partial charge in [0, 0.05) is 38.5 Å². The van der Waals surface area contributed by atoms with Crippen molar-refractivity contribution >= 4 is 50.9 Å². The van der Waals surface area contributed by atoms with Gasteiger partial charge in [-0.15, -0.1) is 0 Å². The molecule has 0 atom stereocenters. The van der Waals surface area contributed by atoms with Gasteiger partial charge in [0.15, 0.2) is 5.15 Å². The largest absolute Gasteiger partial charge is 0.337 e. The summed E-state index contributed by atoms with van der Waals surface area (Å²) in [7, 11) is -3.70. The van der Waals surface area contributed by atoms with Crippen LogP contribution in [0.3, 0.4) is 0 Å². The number of amides is 1. The van der Waals surface area contributed by atoms with E-state index >= 15 is 0 Å². The third-order valence-electron chi connectivity index (χ3n) is 4.91. The highest BCUT2D eigenvalue weighted by molar-refractivity contribution is 7.89. The van der Waals surface area contributed by atoms with Crippen LogP contribution in [0, 0.1) is 0 Å². The number of halogens is 2. The Morgan fingerprint density at radius 1 is 1.00 bits per heavy atom. The number of pyridine rings is 1. The van der Waals surface area contributed by atoms with Crippen molar-refractivity contribution in [3.8, 4) is 0 Å². The number of carbonyl (C=O) groups is 1. The van der Waals surface area contributed by atoms with Gasteiger partial charge in [-0.1, -0.05) is 41.4 Å². The van der Waals surface area contributed by atoms with Crippen molar-refractivity contribution in [1.29, 1.82) is 0 Å². The van der Waals surface area contributed by atoms with Crippen molar-refractivity contribution in [3.63, 3.8) is 0 Å².